The number of anilines is 1. The summed E-state index contributed by atoms with van der Waals surface area (Å²) < 4.78 is 55.4. The van der Waals surface area contributed by atoms with Crippen LogP contribution in [0.2, 0.25) is 0 Å². The molecule has 1 aliphatic carbocycles. The molecular formula is C21H29F2N3O3S. The quantitative estimate of drug-likeness (QED) is 0.551. The third-order valence-corrected chi connectivity index (χ3v) is 7.00. The zero-order valence-electron chi connectivity index (χ0n) is 17.4. The molecule has 30 heavy (non-hydrogen) atoms. The summed E-state index contributed by atoms with van der Waals surface area (Å²) in [6.07, 6.45) is 0.0270. The van der Waals surface area contributed by atoms with Gasteiger partial charge in [-0.3, -0.25) is 0 Å². The largest absolute Gasteiger partial charge is 0.395 e. The molecule has 0 radical (unpaired) electrons. The van der Waals surface area contributed by atoms with Crippen molar-refractivity contribution in [3.63, 3.8) is 0 Å². The second-order valence-corrected chi connectivity index (χ2v) is 10.3. The number of aliphatic hydroxyl groups is 1. The molecule has 166 valence electrons. The minimum Gasteiger partial charge on any atom is -0.395 e. The molecule has 1 fully saturated rings. The van der Waals surface area contributed by atoms with Crippen molar-refractivity contribution < 1.29 is 22.3 Å². The Balaban J connectivity index is 1.94. The zero-order valence-corrected chi connectivity index (χ0v) is 18.2. The highest BCUT2D eigenvalue weighted by atomic mass is 32.2. The Kier molecular flexibility index (Phi) is 6.64. The molecule has 1 aromatic carbocycles. The molecule has 1 aliphatic rings. The first-order chi connectivity index (χ1) is 14.0. The Morgan fingerprint density at radius 1 is 1.23 bits per heavy atom. The van der Waals surface area contributed by atoms with Gasteiger partial charge in [-0.05, 0) is 37.3 Å². The fourth-order valence-corrected chi connectivity index (χ4v) is 5.19. The van der Waals surface area contributed by atoms with E-state index in [0.29, 0.717) is 17.3 Å². The van der Waals surface area contributed by atoms with Gasteiger partial charge in [-0.15, -0.1) is 0 Å². The summed E-state index contributed by atoms with van der Waals surface area (Å²) in [6.45, 7) is 5.32. The lowest BCUT2D eigenvalue weighted by atomic mass is 9.77. The van der Waals surface area contributed by atoms with Gasteiger partial charge in [0.2, 0.25) is 15.9 Å². The number of alkyl halides is 2. The van der Waals surface area contributed by atoms with Crippen molar-refractivity contribution in [1.82, 2.24) is 9.71 Å². The summed E-state index contributed by atoms with van der Waals surface area (Å²) in [5, 5.41) is 13.3. The van der Waals surface area contributed by atoms with Crippen molar-refractivity contribution in [2.75, 3.05) is 11.9 Å². The fraction of sp³-hybridized carbons (Fsp3) is 0.571. The number of nitrogens with one attached hydrogen (secondary N) is 2. The van der Waals surface area contributed by atoms with Crippen LogP contribution in [0.3, 0.4) is 0 Å². The maximum absolute atomic E-state index is 13.3. The summed E-state index contributed by atoms with van der Waals surface area (Å²) in [5.41, 5.74) is 0.603. The smallest absolute Gasteiger partial charge is 0.248 e. The summed E-state index contributed by atoms with van der Waals surface area (Å²) >= 11 is 0. The van der Waals surface area contributed by atoms with Crippen molar-refractivity contribution in [2.24, 2.45) is 11.8 Å². The van der Waals surface area contributed by atoms with Gasteiger partial charge in [0.15, 0.2) is 0 Å². The SMILES string of the molecule is CC(C)C[C@H](CO)NS(=O)(=O)c1cc2ccccc2nc1N[C@H](C)C1CC(F)(F)C1. The van der Waals surface area contributed by atoms with E-state index in [-0.39, 0.29) is 48.0 Å². The normalized spacial score (nSPS) is 18.9. The number of hydrogen-bond donors (Lipinski definition) is 3. The number of para-hydroxylation sites is 1. The lowest BCUT2D eigenvalue weighted by Gasteiger charge is -2.39. The second kappa shape index (κ2) is 8.72. The molecule has 6 nitrogen and oxygen atoms in total. The first kappa shape index (κ1) is 22.8. The Labute approximate surface area is 176 Å². The van der Waals surface area contributed by atoms with E-state index in [1.807, 2.05) is 13.8 Å². The average molecular weight is 442 g/mol. The van der Waals surface area contributed by atoms with Gasteiger partial charge < -0.3 is 10.4 Å². The molecule has 1 aromatic heterocycles. The summed E-state index contributed by atoms with van der Waals surface area (Å²) in [4.78, 5) is 4.42. The third-order valence-electron chi connectivity index (χ3n) is 5.47. The molecule has 1 saturated carbocycles. The van der Waals surface area contributed by atoms with Crippen LogP contribution in [0.5, 0.6) is 0 Å². The molecule has 0 amide bonds. The van der Waals surface area contributed by atoms with Gasteiger partial charge in [-0.1, -0.05) is 32.0 Å². The standard InChI is InChI=1S/C21H29F2N3O3S/c1-13(2)8-17(12-27)26-30(28,29)19-9-15-6-4-5-7-18(15)25-20(19)24-14(3)16-10-21(22,23)11-16/h4-7,9,13-14,16-17,26-27H,8,10-12H2,1-3H3,(H,24,25)/t14-,17-/m1/s1. The highest BCUT2D eigenvalue weighted by Gasteiger charge is 2.47. The summed E-state index contributed by atoms with van der Waals surface area (Å²) in [7, 11) is -4.01. The fourth-order valence-electron chi connectivity index (χ4n) is 3.81. The van der Waals surface area contributed by atoms with Crippen LogP contribution in [0.4, 0.5) is 14.6 Å². The van der Waals surface area contributed by atoms with E-state index >= 15 is 0 Å². The first-order valence-corrected chi connectivity index (χ1v) is 11.7. The van der Waals surface area contributed by atoms with Crippen LogP contribution in [-0.4, -0.2) is 43.1 Å². The Morgan fingerprint density at radius 2 is 1.90 bits per heavy atom. The van der Waals surface area contributed by atoms with Crippen LogP contribution in [-0.2, 0) is 10.0 Å². The van der Waals surface area contributed by atoms with Gasteiger partial charge >= 0.3 is 0 Å². The van der Waals surface area contributed by atoms with Crippen molar-refractivity contribution >= 4 is 26.7 Å². The minimum atomic E-state index is -4.01. The molecule has 2 atom stereocenters. The Hall–Kier alpha value is -1.84. The monoisotopic (exact) mass is 441 g/mol. The van der Waals surface area contributed by atoms with Gasteiger partial charge in [0, 0.05) is 30.3 Å². The topological polar surface area (TPSA) is 91.3 Å². The number of sulfonamides is 1. The van der Waals surface area contributed by atoms with E-state index in [9.17, 15) is 22.3 Å². The first-order valence-electron chi connectivity index (χ1n) is 10.2. The highest BCUT2D eigenvalue weighted by molar-refractivity contribution is 7.89. The van der Waals surface area contributed by atoms with Crippen molar-refractivity contribution in [2.45, 2.75) is 62.9 Å². The second-order valence-electron chi connectivity index (χ2n) is 8.62. The van der Waals surface area contributed by atoms with Crippen molar-refractivity contribution in [3.8, 4) is 0 Å². The summed E-state index contributed by atoms with van der Waals surface area (Å²) in [6, 6.07) is 7.65. The molecule has 9 heteroatoms. The Bertz CT molecular complexity index is 990. The number of aliphatic hydroxyl groups excluding tert-OH is 1. The number of benzene rings is 1. The number of hydrogen-bond acceptors (Lipinski definition) is 5. The number of aromatic nitrogens is 1. The maximum atomic E-state index is 13.3. The van der Waals surface area contributed by atoms with Crippen LogP contribution >= 0.6 is 0 Å². The predicted molar refractivity (Wildman–Crippen MR) is 113 cm³/mol. The minimum absolute atomic E-state index is 0.0543. The maximum Gasteiger partial charge on any atom is 0.248 e. The molecule has 0 aliphatic heterocycles. The number of halogens is 2. The molecule has 2 aromatic rings. The van der Waals surface area contributed by atoms with Crippen LogP contribution in [0.15, 0.2) is 35.2 Å². The van der Waals surface area contributed by atoms with Crippen LogP contribution < -0.4 is 10.0 Å². The van der Waals surface area contributed by atoms with E-state index in [2.05, 4.69) is 15.0 Å². The van der Waals surface area contributed by atoms with E-state index < -0.39 is 22.0 Å². The molecule has 0 bridgehead atoms. The van der Waals surface area contributed by atoms with E-state index in [4.69, 9.17) is 0 Å². The van der Waals surface area contributed by atoms with Gasteiger partial charge in [0.25, 0.3) is 0 Å². The lowest BCUT2D eigenvalue weighted by Crippen LogP contribution is -2.44. The molecule has 3 N–H and O–H groups in total. The molecule has 0 spiro atoms. The lowest BCUT2D eigenvalue weighted by molar-refractivity contribution is -0.113. The van der Waals surface area contributed by atoms with E-state index in [0.717, 1.165) is 0 Å². The summed E-state index contributed by atoms with van der Waals surface area (Å²) in [5.74, 6) is -2.59. The number of pyridine rings is 1. The number of rotatable bonds is 9. The van der Waals surface area contributed by atoms with Crippen LogP contribution in [0, 0.1) is 11.8 Å². The molecule has 0 saturated heterocycles. The van der Waals surface area contributed by atoms with E-state index in [1.165, 1.54) is 6.07 Å². The Morgan fingerprint density at radius 3 is 2.50 bits per heavy atom. The zero-order chi connectivity index (χ0) is 22.1. The molecule has 3 rings (SSSR count). The van der Waals surface area contributed by atoms with Crippen molar-refractivity contribution in [1.29, 1.82) is 0 Å². The van der Waals surface area contributed by atoms with Gasteiger partial charge in [-0.25, -0.2) is 26.9 Å². The molecular weight excluding hydrogens is 412 g/mol. The average Bonchev–Trinajstić information content (AvgIpc) is 2.64. The van der Waals surface area contributed by atoms with E-state index in [1.54, 1.807) is 31.2 Å². The van der Waals surface area contributed by atoms with Gasteiger partial charge in [0.05, 0.1) is 12.1 Å². The molecule has 0 unspecified atom stereocenters. The highest BCUT2D eigenvalue weighted by Crippen LogP contribution is 2.44. The van der Waals surface area contributed by atoms with Crippen molar-refractivity contribution in [3.05, 3.63) is 30.3 Å². The third kappa shape index (κ3) is 5.25. The van der Waals surface area contributed by atoms with Gasteiger partial charge in [0.1, 0.15) is 10.7 Å². The van der Waals surface area contributed by atoms with Crippen LogP contribution in [0.25, 0.3) is 10.9 Å². The molecule has 1 heterocycles. The van der Waals surface area contributed by atoms with Crippen LogP contribution in [0.1, 0.15) is 40.0 Å². The number of fused-ring (bicyclic) bond motifs is 1. The number of nitrogens with zero attached hydrogens (tertiary/aromatic N) is 1. The predicted octanol–water partition coefficient (Wildman–Crippen LogP) is 3.77. The van der Waals surface area contributed by atoms with Gasteiger partial charge in [-0.2, -0.15) is 0 Å².